The number of rotatable bonds is 4. The van der Waals surface area contributed by atoms with E-state index in [-0.39, 0.29) is 11.4 Å². The first kappa shape index (κ1) is 14.5. The minimum absolute atomic E-state index is 0.109. The largest absolute Gasteiger partial charge is 0.465 e. The van der Waals surface area contributed by atoms with Crippen molar-refractivity contribution in [3.63, 3.8) is 0 Å². The molecule has 2 aromatic rings. The average molecular weight is 285 g/mol. The number of para-hydroxylation sites is 1. The van der Waals surface area contributed by atoms with E-state index in [0.29, 0.717) is 16.8 Å². The zero-order chi connectivity index (χ0) is 15.4. The van der Waals surface area contributed by atoms with Crippen molar-refractivity contribution in [3.8, 4) is 0 Å². The number of nitro benzene ring substituents is 1. The second kappa shape index (κ2) is 6.04. The smallest absolute Gasteiger partial charge is 0.339 e. The molecule has 0 heterocycles. The summed E-state index contributed by atoms with van der Waals surface area (Å²) in [6, 6.07) is 11.2. The van der Waals surface area contributed by atoms with Crippen LogP contribution in [0, 0.1) is 17.0 Å². The van der Waals surface area contributed by atoms with E-state index >= 15 is 0 Å². The van der Waals surface area contributed by atoms with Crippen molar-refractivity contribution < 1.29 is 14.5 Å². The third kappa shape index (κ3) is 3.17. The summed E-state index contributed by atoms with van der Waals surface area (Å²) in [4.78, 5) is 22.3. The van der Waals surface area contributed by atoms with Crippen LogP contribution in [-0.4, -0.2) is 18.0 Å². The first-order chi connectivity index (χ1) is 10.0. The fraction of sp³-hybridized carbons (Fsp3) is 0.0667. The van der Waals surface area contributed by atoms with Crippen LogP contribution in [0.1, 0.15) is 15.9 Å². The highest BCUT2D eigenvalue weighted by Gasteiger charge is 2.17. The van der Waals surface area contributed by atoms with Gasteiger partial charge in [-0.15, -0.1) is 0 Å². The Hall–Kier alpha value is -2.89. The number of nitrogens with one attached hydrogen (secondary N) is 1. The number of hydrogen-bond donors (Lipinski definition) is 1. The first-order valence-electron chi connectivity index (χ1n) is 6.07. The molecule has 0 bridgehead atoms. The van der Waals surface area contributed by atoms with Crippen molar-refractivity contribution in [1.82, 2.24) is 0 Å². The molecule has 1 N–H and O–H groups in total. The summed E-state index contributed by atoms with van der Waals surface area (Å²) >= 11 is 0. The Morgan fingerprint density at radius 3 is 2.62 bits per heavy atom. The van der Waals surface area contributed by atoms with Gasteiger partial charge in [-0.25, -0.2) is 4.79 Å². The molecule has 0 aliphatic rings. The Labute approximate surface area is 121 Å². The highest BCUT2D eigenvalue weighted by molar-refractivity contribution is 5.96. The molecule has 2 aromatic carbocycles. The number of anilines is 2. The Bertz CT molecular complexity index is 698. The zero-order valence-corrected chi connectivity index (χ0v) is 11.3. The number of esters is 1. The number of carbonyl (C=O) groups is 1. The topological polar surface area (TPSA) is 81.5 Å². The highest BCUT2D eigenvalue weighted by Crippen LogP contribution is 2.30. The fourth-order valence-corrected chi connectivity index (χ4v) is 1.86. The van der Waals surface area contributed by atoms with E-state index in [4.69, 9.17) is 0 Å². The van der Waals surface area contributed by atoms with Gasteiger partial charge >= 0.3 is 5.97 Å². The molecule has 107 valence electrons. The lowest BCUT2D eigenvalue weighted by molar-refractivity contribution is -0.383. The zero-order valence-electron chi connectivity index (χ0n) is 11.3. The summed E-state index contributed by atoms with van der Waals surface area (Å²) in [6.07, 6.45) is 0. The van der Waals surface area contributed by atoms with Crippen LogP contribution in [0.15, 0.2) is 42.5 Å². The molecule has 0 unspecified atom stereocenters. The Morgan fingerprint density at radius 2 is 1.95 bits per heavy atom. The second-order valence-corrected chi connectivity index (χ2v) is 4.27. The van der Waals surface area contributed by atoms with Gasteiger partial charge in [-0.2, -0.15) is 0 Å². The van der Waals surface area contributed by atoms with Gasteiger partial charge in [-0.05, 0) is 30.7 Å². The predicted molar refractivity (Wildman–Crippen MR) is 78.6 cm³/mol. The summed E-state index contributed by atoms with van der Waals surface area (Å²) < 4.78 is 4.69. The van der Waals surface area contributed by atoms with Gasteiger partial charge in [0.05, 0.1) is 23.3 Å². The van der Waals surface area contributed by atoms with Gasteiger partial charge in [-0.3, -0.25) is 10.1 Å². The van der Waals surface area contributed by atoms with Crippen LogP contribution in [0.2, 0.25) is 0 Å². The molecule has 0 aromatic heterocycles. The average Bonchev–Trinajstić information content (AvgIpc) is 2.48. The van der Waals surface area contributed by atoms with Crippen molar-refractivity contribution in [1.29, 1.82) is 0 Å². The Kier molecular flexibility index (Phi) is 4.18. The molecule has 0 saturated carbocycles. The lowest BCUT2D eigenvalue weighted by Gasteiger charge is -2.11. The lowest BCUT2D eigenvalue weighted by atomic mass is 10.1. The molecule has 0 fully saturated rings. The van der Waals surface area contributed by atoms with Gasteiger partial charge < -0.3 is 10.1 Å². The van der Waals surface area contributed by atoms with Crippen molar-refractivity contribution in [2.45, 2.75) is 0 Å². The van der Waals surface area contributed by atoms with Gasteiger partial charge in [-0.1, -0.05) is 18.2 Å². The normalized spacial score (nSPS) is 10.0. The third-order valence-electron chi connectivity index (χ3n) is 2.86. The molecule has 0 atom stereocenters. The fourth-order valence-electron chi connectivity index (χ4n) is 1.86. The summed E-state index contributed by atoms with van der Waals surface area (Å²) in [6.45, 7) is 3.66. The van der Waals surface area contributed by atoms with Crippen molar-refractivity contribution in [2.24, 2.45) is 0 Å². The van der Waals surface area contributed by atoms with Gasteiger partial charge in [0.25, 0.3) is 5.69 Å². The van der Waals surface area contributed by atoms with E-state index in [0.717, 1.165) is 0 Å². The lowest BCUT2D eigenvalue weighted by Crippen LogP contribution is -2.06. The van der Waals surface area contributed by atoms with Gasteiger partial charge in [0.1, 0.15) is 5.69 Å². The summed E-state index contributed by atoms with van der Waals surface area (Å²) in [7, 11) is 1.28. The molecule has 1 radical (unpaired) electrons. The number of nitro groups is 1. The van der Waals surface area contributed by atoms with E-state index in [9.17, 15) is 14.9 Å². The van der Waals surface area contributed by atoms with E-state index in [2.05, 4.69) is 17.0 Å². The maximum atomic E-state index is 11.7. The minimum Gasteiger partial charge on any atom is -0.465 e. The van der Waals surface area contributed by atoms with Crippen LogP contribution in [0.4, 0.5) is 17.1 Å². The van der Waals surface area contributed by atoms with Crippen molar-refractivity contribution in [2.75, 3.05) is 12.4 Å². The maximum absolute atomic E-state index is 11.7. The highest BCUT2D eigenvalue weighted by atomic mass is 16.6. The van der Waals surface area contributed by atoms with E-state index in [1.807, 2.05) is 0 Å². The molecule has 0 amide bonds. The predicted octanol–water partition coefficient (Wildman–Crippen LogP) is 3.31. The maximum Gasteiger partial charge on any atom is 0.339 e. The number of methoxy groups -OCH3 is 1. The molecule has 6 heteroatoms. The molecule has 0 aliphatic heterocycles. The van der Waals surface area contributed by atoms with E-state index in [1.54, 1.807) is 36.4 Å². The number of nitrogens with zero attached hydrogens (tertiary/aromatic N) is 1. The van der Waals surface area contributed by atoms with Crippen LogP contribution in [0.3, 0.4) is 0 Å². The quantitative estimate of drug-likeness (QED) is 0.529. The number of benzene rings is 2. The summed E-state index contributed by atoms with van der Waals surface area (Å²) in [5.74, 6) is -0.519. The monoisotopic (exact) mass is 285 g/mol. The minimum atomic E-state index is -0.519. The van der Waals surface area contributed by atoms with Crippen LogP contribution in [0.5, 0.6) is 0 Å². The SMILES string of the molecule is [CH2]c1ccc(Nc2ccccc2C(=O)OC)c([N+](=O)[O-])c1. The Morgan fingerprint density at radius 1 is 1.24 bits per heavy atom. The van der Waals surface area contributed by atoms with Crippen LogP contribution < -0.4 is 5.32 Å². The standard InChI is InChI=1S/C15H13N2O4/c1-10-7-8-13(14(9-10)17(19)20)16-12-6-4-3-5-11(12)15(18)21-2/h3-9,16H,1H2,2H3. The van der Waals surface area contributed by atoms with E-state index in [1.165, 1.54) is 13.2 Å². The van der Waals surface area contributed by atoms with Crippen molar-refractivity contribution in [3.05, 3.63) is 70.6 Å². The van der Waals surface area contributed by atoms with Crippen LogP contribution >= 0.6 is 0 Å². The molecule has 2 rings (SSSR count). The van der Waals surface area contributed by atoms with Gasteiger partial charge in [0.2, 0.25) is 0 Å². The van der Waals surface area contributed by atoms with Crippen LogP contribution in [0.25, 0.3) is 0 Å². The first-order valence-corrected chi connectivity index (χ1v) is 6.07. The van der Waals surface area contributed by atoms with Gasteiger partial charge in [0, 0.05) is 6.07 Å². The summed E-state index contributed by atoms with van der Waals surface area (Å²) in [5.41, 5.74) is 1.44. The second-order valence-electron chi connectivity index (χ2n) is 4.27. The molecule has 0 saturated heterocycles. The van der Waals surface area contributed by atoms with Crippen molar-refractivity contribution >= 4 is 23.0 Å². The number of ether oxygens (including phenoxy) is 1. The third-order valence-corrected chi connectivity index (χ3v) is 2.86. The number of hydrogen-bond acceptors (Lipinski definition) is 5. The Balaban J connectivity index is 2.44. The molecule has 0 spiro atoms. The molecular formula is C15H13N2O4. The molecular weight excluding hydrogens is 272 g/mol. The van der Waals surface area contributed by atoms with E-state index < -0.39 is 10.9 Å². The van der Waals surface area contributed by atoms with Gasteiger partial charge in [0.15, 0.2) is 0 Å². The van der Waals surface area contributed by atoms with Crippen LogP contribution in [-0.2, 0) is 4.74 Å². The molecule has 21 heavy (non-hydrogen) atoms. The summed E-state index contributed by atoms with van der Waals surface area (Å²) in [5, 5.41) is 14.0. The molecule has 0 aliphatic carbocycles. The molecule has 6 nitrogen and oxygen atoms in total. The number of carbonyl (C=O) groups excluding carboxylic acids is 1.